The minimum atomic E-state index is -4.74. The largest absolute Gasteiger partial charge is 0.471 e. The summed E-state index contributed by atoms with van der Waals surface area (Å²) in [5.74, 6) is -1.67. The zero-order chi connectivity index (χ0) is 12.5. The average molecular weight is 250 g/mol. The molecule has 0 aromatic heterocycles. The number of rotatable bonds is 0. The van der Waals surface area contributed by atoms with E-state index in [9.17, 15) is 18.0 Å². The number of fused-ring (bicyclic) bond motifs is 1. The van der Waals surface area contributed by atoms with Gasteiger partial charge in [-0.15, -0.1) is 0 Å². The second kappa shape index (κ2) is 4.84. The number of nitrogens with one attached hydrogen (secondary N) is 1. The molecule has 2 fully saturated rings. The van der Waals surface area contributed by atoms with Gasteiger partial charge in [-0.1, -0.05) is 6.42 Å². The molecule has 2 saturated heterocycles. The van der Waals surface area contributed by atoms with Crippen LogP contribution in [-0.2, 0) is 4.79 Å². The summed E-state index contributed by atoms with van der Waals surface area (Å²) < 4.78 is 37.5. The Labute approximate surface area is 98.3 Å². The van der Waals surface area contributed by atoms with E-state index in [0.29, 0.717) is 12.8 Å². The van der Waals surface area contributed by atoms with Crippen LogP contribution in [0.3, 0.4) is 0 Å². The molecule has 0 saturated carbocycles. The average Bonchev–Trinajstić information content (AvgIpc) is 2.48. The van der Waals surface area contributed by atoms with Crippen molar-refractivity contribution in [2.45, 2.75) is 50.4 Å². The smallest absolute Gasteiger partial charge is 0.330 e. The molecule has 1 N–H and O–H groups in total. The van der Waals surface area contributed by atoms with Crippen molar-refractivity contribution in [3.05, 3.63) is 0 Å². The van der Waals surface area contributed by atoms with E-state index in [1.54, 1.807) is 0 Å². The van der Waals surface area contributed by atoms with Crippen molar-refractivity contribution in [2.75, 3.05) is 13.1 Å². The second-order valence-electron chi connectivity index (χ2n) is 4.76. The molecule has 0 spiro atoms. The van der Waals surface area contributed by atoms with Crippen LogP contribution in [0.4, 0.5) is 13.2 Å². The Balaban J connectivity index is 2.15. The van der Waals surface area contributed by atoms with Gasteiger partial charge in [0.1, 0.15) is 0 Å². The number of hydrogen-bond acceptors (Lipinski definition) is 2. The maximum atomic E-state index is 12.5. The van der Waals surface area contributed by atoms with Crippen LogP contribution in [0.5, 0.6) is 0 Å². The highest BCUT2D eigenvalue weighted by Gasteiger charge is 2.46. The van der Waals surface area contributed by atoms with Crippen LogP contribution >= 0.6 is 0 Å². The molecule has 0 aliphatic carbocycles. The van der Waals surface area contributed by atoms with E-state index in [-0.39, 0.29) is 18.6 Å². The summed E-state index contributed by atoms with van der Waals surface area (Å²) in [4.78, 5) is 12.4. The first-order valence-corrected chi connectivity index (χ1v) is 6.11. The summed E-state index contributed by atoms with van der Waals surface area (Å²) >= 11 is 0. The molecular formula is C11H17F3N2O. The van der Waals surface area contributed by atoms with Crippen LogP contribution in [0.1, 0.15) is 32.1 Å². The molecule has 2 aliphatic heterocycles. The number of nitrogens with zero attached hydrogens (tertiary/aromatic N) is 1. The first-order chi connectivity index (χ1) is 8.00. The molecule has 0 aromatic rings. The lowest BCUT2D eigenvalue weighted by Crippen LogP contribution is -2.56. The predicted octanol–water partition coefficient (Wildman–Crippen LogP) is 1.68. The summed E-state index contributed by atoms with van der Waals surface area (Å²) in [6.45, 7) is 1.08. The van der Waals surface area contributed by atoms with E-state index >= 15 is 0 Å². The van der Waals surface area contributed by atoms with Gasteiger partial charge in [-0.05, 0) is 32.2 Å². The molecule has 0 aromatic carbocycles. The molecular weight excluding hydrogens is 233 g/mol. The zero-order valence-corrected chi connectivity index (χ0v) is 9.59. The fourth-order valence-corrected chi connectivity index (χ4v) is 2.83. The summed E-state index contributed by atoms with van der Waals surface area (Å²) in [5.41, 5.74) is 0. The van der Waals surface area contributed by atoms with E-state index < -0.39 is 12.1 Å². The third-order valence-electron chi connectivity index (χ3n) is 3.62. The van der Waals surface area contributed by atoms with E-state index in [2.05, 4.69) is 5.32 Å². The van der Waals surface area contributed by atoms with Crippen LogP contribution in [-0.4, -0.2) is 42.2 Å². The lowest BCUT2D eigenvalue weighted by atomic mass is 9.94. The van der Waals surface area contributed by atoms with Gasteiger partial charge in [-0.3, -0.25) is 4.79 Å². The lowest BCUT2D eigenvalue weighted by Gasteiger charge is -2.38. The van der Waals surface area contributed by atoms with Crippen molar-refractivity contribution in [3.8, 4) is 0 Å². The van der Waals surface area contributed by atoms with Crippen LogP contribution in [0.2, 0.25) is 0 Å². The third-order valence-corrected chi connectivity index (χ3v) is 3.62. The quantitative estimate of drug-likeness (QED) is 0.709. The van der Waals surface area contributed by atoms with Gasteiger partial charge in [-0.2, -0.15) is 13.2 Å². The summed E-state index contributed by atoms with van der Waals surface area (Å²) in [5, 5.41) is 3.24. The minimum absolute atomic E-state index is 0.0394. The minimum Gasteiger partial charge on any atom is -0.330 e. The Hall–Kier alpha value is -0.780. The van der Waals surface area contributed by atoms with Crippen LogP contribution in [0.25, 0.3) is 0 Å². The SMILES string of the molecule is O=C(N1CCCCC2NCCCC21)C(F)(F)F. The number of carbonyl (C=O) groups is 1. The van der Waals surface area contributed by atoms with Crippen molar-refractivity contribution in [1.29, 1.82) is 0 Å². The van der Waals surface area contributed by atoms with E-state index in [0.717, 1.165) is 30.7 Å². The van der Waals surface area contributed by atoms with Crippen molar-refractivity contribution >= 4 is 5.91 Å². The Morgan fingerprint density at radius 3 is 2.65 bits per heavy atom. The van der Waals surface area contributed by atoms with Crippen LogP contribution < -0.4 is 5.32 Å². The maximum Gasteiger partial charge on any atom is 0.471 e. The Morgan fingerprint density at radius 2 is 1.94 bits per heavy atom. The van der Waals surface area contributed by atoms with Crippen molar-refractivity contribution in [3.63, 3.8) is 0 Å². The zero-order valence-electron chi connectivity index (χ0n) is 9.59. The van der Waals surface area contributed by atoms with E-state index in [1.807, 2.05) is 0 Å². The topological polar surface area (TPSA) is 32.3 Å². The van der Waals surface area contributed by atoms with Gasteiger partial charge in [0.2, 0.25) is 0 Å². The number of alkyl halides is 3. The van der Waals surface area contributed by atoms with E-state index in [4.69, 9.17) is 0 Å². The van der Waals surface area contributed by atoms with Gasteiger partial charge >= 0.3 is 12.1 Å². The predicted molar refractivity (Wildman–Crippen MR) is 56.4 cm³/mol. The first-order valence-electron chi connectivity index (χ1n) is 6.11. The summed E-state index contributed by atoms with van der Waals surface area (Å²) in [6, 6.07) is -0.238. The summed E-state index contributed by atoms with van der Waals surface area (Å²) in [7, 11) is 0. The molecule has 2 unspecified atom stereocenters. The molecule has 2 heterocycles. The lowest BCUT2D eigenvalue weighted by molar-refractivity contribution is -0.188. The highest BCUT2D eigenvalue weighted by atomic mass is 19.4. The van der Waals surface area contributed by atoms with Crippen LogP contribution in [0.15, 0.2) is 0 Å². The Morgan fingerprint density at radius 1 is 1.18 bits per heavy atom. The van der Waals surface area contributed by atoms with Crippen molar-refractivity contribution in [2.24, 2.45) is 0 Å². The molecule has 0 radical (unpaired) electrons. The maximum absolute atomic E-state index is 12.5. The molecule has 3 nitrogen and oxygen atoms in total. The fraction of sp³-hybridized carbons (Fsp3) is 0.909. The fourth-order valence-electron chi connectivity index (χ4n) is 2.83. The number of likely N-dealkylation sites (tertiary alicyclic amines) is 1. The third kappa shape index (κ3) is 2.73. The van der Waals surface area contributed by atoms with Crippen molar-refractivity contribution < 1.29 is 18.0 Å². The highest BCUT2D eigenvalue weighted by Crippen LogP contribution is 2.28. The summed E-state index contributed by atoms with van der Waals surface area (Å²) in [6.07, 6.45) is -0.812. The standard InChI is InChI=1S/C11H17F3N2O/c12-11(13,14)10(17)16-7-2-1-4-8-9(16)5-3-6-15-8/h8-9,15H,1-7H2. The number of hydrogen-bond donors (Lipinski definition) is 1. The molecule has 2 aliphatic rings. The first kappa shape index (κ1) is 12.7. The van der Waals surface area contributed by atoms with Gasteiger partial charge in [0.05, 0.1) is 0 Å². The Kier molecular flexibility index (Phi) is 3.61. The molecule has 2 rings (SSSR count). The van der Waals surface area contributed by atoms with Gasteiger partial charge in [0.15, 0.2) is 0 Å². The van der Waals surface area contributed by atoms with Gasteiger partial charge in [0, 0.05) is 18.6 Å². The monoisotopic (exact) mass is 250 g/mol. The molecule has 17 heavy (non-hydrogen) atoms. The highest BCUT2D eigenvalue weighted by molar-refractivity contribution is 5.82. The van der Waals surface area contributed by atoms with Gasteiger partial charge in [-0.25, -0.2) is 0 Å². The number of halogens is 3. The normalized spacial score (nSPS) is 30.6. The molecule has 1 amide bonds. The number of carbonyl (C=O) groups excluding carboxylic acids is 1. The van der Waals surface area contributed by atoms with Crippen molar-refractivity contribution in [1.82, 2.24) is 10.2 Å². The molecule has 0 bridgehead atoms. The molecule has 98 valence electrons. The Bertz CT molecular complexity index is 293. The molecule has 6 heteroatoms. The van der Waals surface area contributed by atoms with Gasteiger partial charge < -0.3 is 10.2 Å². The van der Waals surface area contributed by atoms with Gasteiger partial charge in [0.25, 0.3) is 0 Å². The van der Waals surface area contributed by atoms with E-state index in [1.165, 1.54) is 0 Å². The van der Waals surface area contributed by atoms with Crippen LogP contribution in [0, 0.1) is 0 Å². The molecule has 2 atom stereocenters. The number of piperidine rings is 1. The number of amides is 1. The second-order valence-corrected chi connectivity index (χ2v) is 4.76.